The number of carbonyl (C=O) groups excluding carboxylic acids is 1. The number of fused-ring (bicyclic) bond motifs is 3. The molecule has 2 aliphatic heterocycles. The van der Waals surface area contributed by atoms with Crippen molar-refractivity contribution in [2.24, 2.45) is 11.5 Å². The Hall–Kier alpha value is -4.98. The van der Waals surface area contributed by atoms with Crippen LogP contribution < -0.4 is 21.5 Å². The van der Waals surface area contributed by atoms with Gasteiger partial charge in [0.2, 0.25) is 0 Å². The summed E-state index contributed by atoms with van der Waals surface area (Å²) in [4.78, 5) is 27.0. The maximum absolute atomic E-state index is 16.6. The molecule has 2 aliphatic rings. The Balaban J connectivity index is 1.48. The van der Waals surface area contributed by atoms with E-state index in [2.05, 4.69) is 25.2 Å². The maximum Gasteiger partial charge on any atom is 0.319 e. The summed E-state index contributed by atoms with van der Waals surface area (Å²) in [5.41, 5.74) is 10.7. The van der Waals surface area contributed by atoms with Crippen LogP contribution in [0, 0.1) is 17.0 Å². The number of ether oxygens (including phenoxy) is 1. The molecule has 0 spiro atoms. The fourth-order valence-electron chi connectivity index (χ4n) is 6.70. The second kappa shape index (κ2) is 12.1. The van der Waals surface area contributed by atoms with Crippen molar-refractivity contribution in [3.8, 4) is 23.0 Å². The molecule has 2 aromatic heterocycles. The number of nitrogens with one attached hydrogen (secondary N) is 2. The molecule has 4 heterocycles. The highest BCUT2D eigenvalue weighted by molar-refractivity contribution is 6.11. The molecule has 7 N–H and O–H groups in total. The molecule has 2 aromatic carbocycles. The summed E-state index contributed by atoms with van der Waals surface area (Å²) in [7, 11) is 0. The number of phenols is 1. The number of aromatic hydroxyl groups is 1. The molecule has 11 nitrogen and oxygen atoms in total. The van der Waals surface area contributed by atoms with Crippen LogP contribution >= 0.6 is 0 Å². The molecule has 2 atom stereocenters. The zero-order valence-corrected chi connectivity index (χ0v) is 25.0. The summed E-state index contributed by atoms with van der Waals surface area (Å²) in [6.45, 7) is 2.72. The number of hydrogen-bond donors (Lipinski definition) is 5. The van der Waals surface area contributed by atoms with Gasteiger partial charge in [0.25, 0.3) is 5.91 Å². The molecule has 46 heavy (non-hydrogen) atoms. The number of primary amides is 1. The molecule has 240 valence electrons. The lowest BCUT2D eigenvalue weighted by atomic mass is 9.94. The molecule has 1 unspecified atom stereocenters. The minimum absolute atomic E-state index is 0.0532. The van der Waals surface area contributed by atoms with Crippen molar-refractivity contribution in [1.82, 2.24) is 19.9 Å². The first-order chi connectivity index (χ1) is 22.0. The van der Waals surface area contributed by atoms with Crippen LogP contribution in [0.25, 0.3) is 32.9 Å². The Morgan fingerprint density at radius 2 is 2.09 bits per heavy atom. The average Bonchev–Trinajstić information content (AvgIpc) is 3.55. The number of nitrogens with zero attached hydrogens (tertiary/aromatic N) is 4. The molecule has 6 rings (SSSR count). The number of aryl methyl sites for hydroxylation is 1. The first-order valence-electron chi connectivity index (χ1n) is 14.9. The Labute approximate surface area is 262 Å². The fourth-order valence-corrected chi connectivity index (χ4v) is 6.70. The number of halogens is 3. The summed E-state index contributed by atoms with van der Waals surface area (Å²) in [5.74, 6) is -2.34. The summed E-state index contributed by atoms with van der Waals surface area (Å²) >= 11 is 0. The van der Waals surface area contributed by atoms with Gasteiger partial charge in [0.1, 0.15) is 41.4 Å². The normalized spacial score (nSPS) is 20.1. The van der Waals surface area contributed by atoms with Gasteiger partial charge in [-0.15, -0.1) is 0 Å². The van der Waals surface area contributed by atoms with Crippen molar-refractivity contribution in [3.05, 3.63) is 58.9 Å². The first-order valence-corrected chi connectivity index (χ1v) is 14.9. The van der Waals surface area contributed by atoms with E-state index >= 15 is 4.39 Å². The van der Waals surface area contributed by atoms with E-state index in [0.29, 0.717) is 35.7 Å². The van der Waals surface area contributed by atoms with Crippen molar-refractivity contribution in [3.63, 3.8) is 0 Å². The molecule has 0 radical (unpaired) electrons. The molecule has 0 saturated carbocycles. The van der Waals surface area contributed by atoms with Gasteiger partial charge in [0.15, 0.2) is 5.82 Å². The van der Waals surface area contributed by atoms with Crippen LogP contribution in [-0.2, 0) is 11.2 Å². The highest BCUT2D eigenvalue weighted by Gasteiger charge is 2.49. The lowest BCUT2D eigenvalue weighted by molar-refractivity contribution is -0.114. The Morgan fingerprint density at radius 3 is 2.83 bits per heavy atom. The number of nitrogens with two attached hydrogens (primary N) is 2. The van der Waals surface area contributed by atoms with Crippen molar-refractivity contribution < 1.29 is 27.8 Å². The third-order valence-electron chi connectivity index (χ3n) is 8.86. The van der Waals surface area contributed by atoms with Crippen LogP contribution in [0.5, 0.6) is 11.8 Å². The minimum Gasteiger partial charge on any atom is -0.508 e. The largest absolute Gasteiger partial charge is 0.508 e. The van der Waals surface area contributed by atoms with E-state index in [1.165, 1.54) is 30.5 Å². The Kier molecular flexibility index (Phi) is 8.15. The van der Waals surface area contributed by atoms with E-state index in [1.54, 1.807) is 6.92 Å². The van der Waals surface area contributed by atoms with Gasteiger partial charge in [-0.25, -0.2) is 13.2 Å². The van der Waals surface area contributed by atoms with E-state index in [9.17, 15) is 18.7 Å². The highest BCUT2D eigenvalue weighted by atomic mass is 19.1. The highest BCUT2D eigenvalue weighted by Crippen LogP contribution is 2.41. The van der Waals surface area contributed by atoms with Crippen molar-refractivity contribution >= 4 is 39.6 Å². The molecule has 4 aromatic rings. The number of carbonyl (C=O) groups is 1. The van der Waals surface area contributed by atoms with Crippen LogP contribution in [0.3, 0.4) is 0 Å². The quantitative estimate of drug-likeness (QED) is 0.127. The van der Waals surface area contributed by atoms with Gasteiger partial charge in [0.05, 0.1) is 23.0 Å². The Bertz CT molecular complexity index is 1920. The molecular formula is C32H33F3N8O3. The lowest BCUT2D eigenvalue weighted by Crippen LogP contribution is -2.43. The SMILES string of the molecule is CCc1c(F)ccc2cc(O)cc(-c3ncc4c(NC/C(N)=C(/C=N)C(N)=O)nc(OC[C@@]56CCCN5CC(F)C6)nc4c3F)c12. The zero-order valence-electron chi connectivity index (χ0n) is 25.0. The van der Waals surface area contributed by atoms with E-state index in [4.69, 9.17) is 21.6 Å². The average molecular weight is 635 g/mol. The van der Waals surface area contributed by atoms with Gasteiger partial charge in [0, 0.05) is 36.6 Å². The van der Waals surface area contributed by atoms with E-state index in [0.717, 1.165) is 25.6 Å². The molecule has 2 saturated heterocycles. The summed E-state index contributed by atoms with van der Waals surface area (Å²) in [6.07, 6.45) is 3.31. The first kappa shape index (κ1) is 31.0. The minimum atomic E-state index is -0.984. The van der Waals surface area contributed by atoms with E-state index in [-0.39, 0.29) is 64.2 Å². The van der Waals surface area contributed by atoms with Crippen LogP contribution in [0.15, 0.2) is 41.7 Å². The number of anilines is 1. The summed E-state index contributed by atoms with van der Waals surface area (Å²) in [6, 6.07) is 5.40. The topological polar surface area (TPSA) is 176 Å². The van der Waals surface area contributed by atoms with Crippen LogP contribution in [-0.4, -0.2) is 75.0 Å². The molecule has 14 heteroatoms. The second-order valence-corrected chi connectivity index (χ2v) is 11.7. The second-order valence-electron chi connectivity index (χ2n) is 11.7. The van der Waals surface area contributed by atoms with Gasteiger partial charge in [-0.1, -0.05) is 13.0 Å². The third kappa shape index (κ3) is 5.42. The number of amides is 1. The predicted molar refractivity (Wildman–Crippen MR) is 167 cm³/mol. The van der Waals surface area contributed by atoms with Gasteiger partial charge in [-0.05, 0) is 60.3 Å². The van der Waals surface area contributed by atoms with Gasteiger partial charge < -0.3 is 32.0 Å². The molecule has 0 aliphatic carbocycles. The van der Waals surface area contributed by atoms with Gasteiger partial charge in [-0.2, -0.15) is 9.97 Å². The van der Waals surface area contributed by atoms with Crippen LogP contribution in [0.1, 0.15) is 31.7 Å². The molecule has 0 bridgehead atoms. The maximum atomic E-state index is 16.6. The third-order valence-corrected chi connectivity index (χ3v) is 8.86. The van der Waals surface area contributed by atoms with Crippen molar-refractivity contribution in [2.45, 2.75) is 44.3 Å². The summed E-state index contributed by atoms with van der Waals surface area (Å²) < 4.78 is 51.9. The van der Waals surface area contributed by atoms with Crippen LogP contribution in [0.4, 0.5) is 19.0 Å². The van der Waals surface area contributed by atoms with E-state index in [1.807, 2.05) is 0 Å². The smallest absolute Gasteiger partial charge is 0.319 e. The zero-order chi connectivity index (χ0) is 32.7. The fraction of sp³-hybridized carbons (Fsp3) is 0.344. The molecule has 2 fully saturated rings. The van der Waals surface area contributed by atoms with E-state index < -0.39 is 29.3 Å². The number of phenolic OH excluding ortho intramolecular Hbond substituents is 1. The van der Waals surface area contributed by atoms with Gasteiger partial charge in [-0.3, -0.25) is 14.7 Å². The number of aromatic nitrogens is 3. The number of alkyl halides is 1. The van der Waals surface area contributed by atoms with Crippen molar-refractivity contribution in [2.75, 3.05) is 31.6 Å². The predicted octanol–water partition coefficient (Wildman–Crippen LogP) is 4.11. The number of hydrogen-bond acceptors (Lipinski definition) is 10. The molecular weight excluding hydrogens is 601 g/mol. The van der Waals surface area contributed by atoms with Crippen LogP contribution in [0.2, 0.25) is 0 Å². The number of benzene rings is 2. The lowest BCUT2D eigenvalue weighted by Gasteiger charge is -2.30. The number of pyridine rings is 1. The monoisotopic (exact) mass is 634 g/mol. The standard InChI is InChI=1S/C32H33F3N8O3/c1-2-19-23(34)5-4-16-8-18(44)9-20(25(16)19)27-26(35)28-22(12-39-27)30(40-13-24(37)21(11-36)29(38)45)42-31(41-28)46-15-32-6-3-7-43(32)14-17(33)10-32/h4-5,8-9,11-12,17,36,44H,2-3,6-7,10,13-15,37H2,1H3,(H2,38,45)(H,40,41,42)/b24-21+,36-11?/t17?,32-/m0/s1. The Morgan fingerprint density at radius 1 is 1.28 bits per heavy atom. The summed E-state index contributed by atoms with van der Waals surface area (Å²) in [5, 5.41) is 21.9. The van der Waals surface area contributed by atoms with Gasteiger partial charge >= 0.3 is 6.01 Å². The molecule has 1 amide bonds. The number of rotatable bonds is 10. The van der Waals surface area contributed by atoms with Crippen molar-refractivity contribution in [1.29, 1.82) is 5.41 Å².